The second kappa shape index (κ2) is 6.68. The molecule has 5 atom stereocenters. The van der Waals surface area contributed by atoms with Crippen LogP contribution in [0, 0.1) is 11.8 Å². The van der Waals surface area contributed by atoms with Crippen molar-refractivity contribution in [3.63, 3.8) is 0 Å². The minimum atomic E-state index is -0.792. The van der Waals surface area contributed by atoms with E-state index in [9.17, 15) is 5.11 Å². The van der Waals surface area contributed by atoms with E-state index in [1.807, 2.05) is 55.5 Å². The van der Waals surface area contributed by atoms with E-state index < -0.39 is 5.60 Å². The zero-order valence-corrected chi connectivity index (χ0v) is 15.6. The minimum absolute atomic E-state index is 0.0501. The molecule has 2 aromatic carbocycles. The Morgan fingerprint density at radius 1 is 0.792 bits per heavy atom. The van der Waals surface area contributed by atoms with E-state index in [4.69, 9.17) is 23.2 Å². The van der Waals surface area contributed by atoms with Crippen molar-refractivity contribution in [1.29, 1.82) is 0 Å². The number of piperidine rings is 1. The summed E-state index contributed by atoms with van der Waals surface area (Å²) >= 11 is 12.0. The molecule has 1 fully saturated rings. The molecular weight excluding hydrogens is 341 g/mol. The predicted octanol–water partition coefficient (Wildman–Crippen LogP) is 5.40. The van der Waals surface area contributed by atoms with Gasteiger partial charge in [0.05, 0.1) is 5.60 Å². The van der Waals surface area contributed by atoms with E-state index in [1.54, 1.807) is 0 Å². The van der Waals surface area contributed by atoms with Crippen LogP contribution < -0.4 is 5.32 Å². The summed E-state index contributed by atoms with van der Waals surface area (Å²) < 4.78 is 0. The molecule has 4 heteroatoms. The highest BCUT2D eigenvalue weighted by Gasteiger charge is 2.48. The van der Waals surface area contributed by atoms with Gasteiger partial charge >= 0.3 is 0 Å². The Labute approximate surface area is 153 Å². The first-order valence-corrected chi connectivity index (χ1v) is 9.05. The molecule has 0 spiro atoms. The Balaban J connectivity index is 1.98. The zero-order chi connectivity index (χ0) is 17.5. The summed E-state index contributed by atoms with van der Waals surface area (Å²) in [5.41, 5.74) is 1.48. The molecule has 0 aromatic heterocycles. The highest BCUT2D eigenvalue weighted by molar-refractivity contribution is 6.30. The Bertz CT molecular complexity index is 637. The Hall–Kier alpha value is -1.06. The normalized spacial score (nSPS) is 33.4. The molecule has 0 saturated carbocycles. The van der Waals surface area contributed by atoms with Gasteiger partial charge in [0.2, 0.25) is 0 Å². The van der Waals surface area contributed by atoms with E-state index in [2.05, 4.69) is 19.2 Å². The van der Waals surface area contributed by atoms with Gasteiger partial charge < -0.3 is 10.4 Å². The van der Waals surface area contributed by atoms with Crippen molar-refractivity contribution in [1.82, 2.24) is 5.32 Å². The third-order valence-corrected chi connectivity index (χ3v) is 6.17. The molecule has 1 saturated heterocycles. The monoisotopic (exact) mass is 363 g/mol. The summed E-state index contributed by atoms with van der Waals surface area (Å²) in [6.45, 7) is 6.14. The number of hydrogen-bond acceptors (Lipinski definition) is 2. The van der Waals surface area contributed by atoms with E-state index in [1.165, 1.54) is 0 Å². The van der Waals surface area contributed by atoms with Crippen molar-refractivity contribution >= 4 is 23.2 Å². The van der Waals surface area contributed by atoms with Crippen molar-refractivity contribution < 1.29 is 5.11 Å². The van der Waals surface area contributed by atoms with Crippen LogP contribution in [-0.4, -0.2) is 10.7 Å². The van der Waals surface area contributed by atoms with Crippen LogP contribution in [0.3, 0.4) is 0 Å². The summed E-state index contributed by atoms with van der Waals surface area (Å²) in [5, 5.41) is 16.4. The molecule has 0 bridgehead atoms. The maximum absolute atomic E-state index is 11.2. The highest BCUT2D eigenvalue weighted by Crippen LogP contribution is 2.46. The third kappa shape index (κ3) is 3.21. The first kappa shape index (κ1) is 17.8. The molecule has 1 aliphatic rings. The molecule has 0 amide bonds. The number of halogens is 2. The summed E-state index contributed by atoms with van der Waals surface area (Å²) in [4.78, 5) is 0. The molecule has 0 radical (unpaired) electrons. The fraction of sp³-hybridized carbons (Fsp3) is 0.400. The molecule has 2 nitrogen and oxygen atoms in total. The van der Waals surface area contributed by atoms with Gasteiger partial charge in [0.15, 0.2) is 0 Å². The van der Waals surface area contributed by atoms with Crippen LogP contribution in [-0.2, 0) is 0 Å². The van der Waals surface area contributed by atoms with Crippen molar-refractivity contribution in [3.05, 3.63) is 69.7 Å². The van der Waals surface area contributed by atoms with Crippen molar-refractivity contribution in [2.24, 2.45) is 11.8 Å². The minimum Gasteiger partial charge on any atom is -0.389 e. The lowest BCUT2D eigenvalue weighted by molar-refractivity contribution is -0.0960. The molecule has 1 unspecified atom stereocenters. The Morgan fingerprint density at radius 2 is 1.12 bits per heavy atom. The van der Waals surface area contributed by atoms with E-state index in [-0.39, 0.29) is 23.9 Å². The van der Waals surface area contributed by atoms with Crippen LogP contribution in [0.5, 0.6) is 0 Å². The van der Waals surface area contributed by atoms with Crippen LogP contribution in [0.1, 0.15) is 44.0 Å². The molecule has 1 heterocycles. The third-order valence-electron chi connectivity index (χ3n) is 5.66. The van der Waals surface area contributed by atoms with Gasteiger partial charge in [0.25, 0.3) is 0 Å². The second-order valence-corrected chi connectivity index (χ2v) is 7.90. The summed E-state index contributed by atoms with van der Waals surface area (Å²) in [6, 6.07) is 15.8. The van der Waals surface area contributed by atoms with E-state index >= 15 is 0 Å². The second-order valence-electron chi connectivity index (χ2n) is 7.03. The van der Waals surface area contributed by atoms with E-state index in [0.717, 1.165) is 21.2 Å². The standard InChI is InChI=1S/C20H23Cl2NO/c1-12-18(14-4-8-16(21)9-5-14)23-19(13(2)20(12,3)24)15-6-10-17(22)11-7-15/h4-13,18-19,23-24H,1-3H3/t12-,13-,18-,19+,20?/m1/s1. The van der Waals surface area contributed by atoms with Gasteiger partial charge in [0.1, 0.15) is 0 Å². The molecule has 2 N–H and O–H groups in total. The molecule has 24 heavy (non-hydrogen) atoms. The van der Waals surface area contributed by atoms with Crippen molar-refractivity contribution in [2.45, 2.75) is 38.5 Å². The average molecular weight is 364 g/mol. The van der Waals surface area contributed by atoms with Gasteiger partial charge in [-0.3, -0.25) is 0 Å². The summed E-state index contributed by atoms with van der Waals surface area (Å²) in [7, 11) is 0. The van der Waals surface area contributed by atoms with Gasteiger partial charge in [0, 0.05) is 34.0 Å². The number of rotatable bonds is 2. The SMILES string of the molecule is C[C@@H]1[C@@H](c2ccc(Cl)cc2)N[C@@H](c2ccc(Cl)cc2)[C@@H](C)C1(C)O. The smallest absolute Gasteiger partial charge is 0.0706 e. The maximum Gasteiger partial charge on any atom is 0.0706 e. The largest absolute Gasteiger partial charge is 0.389 e. The number of nitrogens with one attached hydrogen (secondary N) is 1. The molecule has 0 aliphatic carbocycles. The summed E-state index contributed by atoms with van der Waals surface area (Å²) in [5.74, 6) is 0.134. The first-order valence-electron chi connectivity index (χ1n) is 8.30. The topological polar surface area (TPSA) is 32.3 Å². The van der Waals surface area contributed by atoms with Gasteiger partial charge in [-0.05, 0) is 42.3 Å². The first-order chi connectivity index (χ1) is 11.3. The van der Waals surface area contributed by atoms with Crippen molar-refractivity contribution in [2.75, 3.05) is 0 Å². The van der Waals surface area contributed by atoms with E-state index in [0.29, 0.717) is 0 Å². The van der Waals surface area contributed by atoms with Gasteiger partial charge in [-0.25, -0.2) is 0 Å². The Morgan fingerprint density at radius 3 is 1.46 bits per heavy atom. The summed E-state index contributed by atoms with van der Waals surface area (Å²) in [6.07, 6.45) is 0. The van der Waals surface area contributed by atoms with Gasteiger partial charge in [-0.15, -0.1) is 0 Å². The lowest BCUT2D eigenvalue weighted by atomic mass is 9.67. The van der Waals surface area contributed by atoms with Crippen LogP contribution in [0.4, 0.5) is 0 Å². The van der Waals surface area contributed by atoms with Gasteiger partial charge in [-0.1, -0.05) is 61.3 Å². The molecule has 128 valence electrons. The Kier molecular flexibility index (Phi) is 4.94. The maximum atomic E-state index is 11.2. The van der Waals surface area contributed by atoms with Gasteiger partial charge in [-0.2, -0.15) is 0 Å². The van der Waals surface area contributed by atoms with Crippen LogP contribution in [0.2, 0.25) is 10.0 Å². The lowest BCUT2D eigenvalue weighted by Crippen LogP contribution is -2.56. The highest BCUT2D eigenvalue weighted by atomic mass is 35.5. The van der Waals surface area contributed by atoms with Crippen LogP contribution >= 0.6 is 23.2 Å². The number of benzene rings is 2. The van der Waals surface area contributed by atoms with Crippen LogP contribution in [0.25, 0.3) is 0 Å². The molecule has 2 aromatic rings. The fourth-order valence-electron chi connectivity index (χ4n) is 3.68. The van der Waals surface area contributed by atoms with Crippen molar-refractivity contribution in [3.8, 4) is 0 Å². The quantitative estimate of drug-likeness (QED) is 0.748. The number of aliphatic hydroxyl groups is 1. The lowest BCUT2D eigenvalue weighted by Gasteiger charge is -2.50. The molecule has 3 rings (SSSR count). The van der Waals surface area contributed by atoms with Crippen LogP contribution in [0.15, 0.2) is 48.5 Å². The number of hydrogen-bond donors (Lipinski definition) is 2. The fourth-order valence-corrected chi connectivity index (χ4v) is 3.93. The zero-order valence-electron chi connectivity index (χ0n) is 14.1. The average Bonchev–Trinajstić information content (AvgIpc) is 2.56. The predicted molar refractivity (Wildman–Crippen MR) is 100 cm³/mol. The molecular formula is C20H23Cl2NO. The molecule has 1 aliphatic heterocycles.